The van der Waals surface area contributed by atoms with Crippen LogP contribution in [0.5, 0.6) is 5.75 Å². The van der Waals surface area contributed by atoms with E-state index < -0.39 is 45.3 Å². The molecule has 0 radical (unpaired) electrons. The predicted octanol–water partition coefficient (Wildman–Crippen LogP) is 3.32. The number of aromatic carboxylic acids is 2. The molecule has 1 heterocycles. The summed E-state index contributed by atoms with van der Waals surface area (Å²) in [5.74, 6) is -3.45. The highest BCUT2D eigenvalue weighted by Crippen LogP contribution is 2.43. The highest BCUT2D eigenvalue weighted by Gasteiger charge is 2.31. The number of aromatic amines is 1. The summed E-state index contributed by atoms with van der Waals surface area (Å²) in [5.41, 5.74) is 3.29. The van der Waals surface area contributed by atoms with Crippen LogP contribution in [0.15, 0.2) is 16.9 Å². The molecule has 29 heavy (non-hydrogen) atoms. The van der Waals surface area contributed by atoms with Gasteiger partial charge in [0, 0.05) is 16.7 Å². The molecule has 1 aromatic carbocycles. The fourth-order valence-electron chi connectivity index (χ4n) is 3.26. The van der Waals surface area contributed by atoms with Gasteiger partial charge in [0.05, 0.1) is 0 Å². The number of nitrogens with two attached hydrogens (primary N) is 1. The van der Waals surface area contributed by atoms with Crippen molar-refractivity contribution in [2.75, 3.05) is 5.73 Å². The zero-order chi connectivity index (χ0) is 22.5. The number of carboxylic acid groups (broad SMARTS) is 2. The van der Waals surface area contributed by atoms with Gasteiger partial charge in [-0.05, 0) is 28.5 Å². The maximum atomic E-state index is 12.3. The molecule has 8 heteroatoms. The Morgan fingerprint density at radius 2 is 1.31 bits per heavy atom. The molecule has 0 bridgehead atoms. The summed E-state index contributed by atoms with van der Waals surface area (Å²) >= 11 is 0. The molecule has 8 nitrogen and oxygen atoms in total. The summed E-state index contributed by atoms with van der Waals surface area (Å²) in [6, 6.07) is 3.02. The lowest BCUT2D eigenvalue weighted by Crippen LogP contribution is -2.25. The van der Waals surface area contributed by atoms with Crippen molar-refractivity contribution in [2.24, 2.45) is 0 Å². The van der Waals surface area contributed by atoms with Crippen LogP contribution >= 0.6 is 0 Å². The molecule has 0 amide bonds. The number of phenolic OH excluding ortho intramolecular Hbond substituents is 1. The van der Waals surface area contributed by atoms with E-state index in [1.807, 2.05) is 41.5 Å². The summed E-state index contributed by atoms with van der Waals surface area (Å²) in [6.07, 6.45) is 0. The number of pyridine rings is 1. The largest absolute Gasteiger partial charge is 0.507 e. The molecule has 156 valence electrons. The topological polar surface area (TPSA) is 154 Å². The van der Waals surface area contributed by atoms with Gasteiger partial charge in [0.2, 0.25) is 0 Å². The zero-order valence-corrected chi connectivity index (χ0v) is 17.3. The molecule has 1 aromatic heterocycles. The Hall–Kier alpha value is -3.29. The molecule has 2 aromatic rings. The van der Waals surface area contributed by atoms with E-state index in [4.69, 9.17) is 5.73 Å². The van der Waals surface area contributed by atoms with E-state index in [-0.39, 0.29) is 16.9 Å². The minimum absolute atomic E-state index is 0.0420. The number of nitrogen functional groups attached to an aromatic ring is 1. The smallest absolute Gasteiger partial charge is 0.342 e. The number of aromatic hydroxyl groups is 1. The number of carboxylic acids is 2. The van der Waals surface area contributed by atoms with Crippen molar-refractivity contribution in [3.8, 4) is 16.9 Å². The Morgan fingerprint density at radius 1 is 0.897 bits per heavy atom. The number of aromatic nitrogens is 1. The molecule has 0 fully saturated rings. The van der Waals surface area contributed by atoms with Crippen molar-refractivity contribution >= 4 is 17.8 Å². The Bertz CT molecular complexity index is 1030. The Labute approximate surface area is 168 Å². The van der Waals surface area contributed by atoms with Gasteiger partial charge in [-0.15, -0.1) is 0 Å². The minimum Gasteiger partial charge on any atom is -0.507 e. The first kappa shape index (κ1) is 22.0. The van der Waals surface area contributed by atoms with Gasteiger partial charge < -0.3 is 26.0 Å². The highest BCUT2D eigenvalue weighted by atomic mass is 16.4. The molecular weight excluding hydrogens is 376 g/mol. The van der Waals surface area contributed by atoms with Crippen LogP contribution in [0.4, 0.5) is 5.82 Å². The molecule has 0 atom stereocenters. The monoisotopic (exact) mass is 402 g/mol. The van der Waals surface area contributed by atoms with Gasteiger partial charge in [0.1, 0.15) is 22.7 Å². The molecular formula is C21H26N2O6. The second kappa shape index (κ2) is 6.95. The molecule has 0 saturated carbocycles. The standard InChI is InChI=1S/C21H26N2O6/c1-20(2,3)10-7-9(8-11(15(10)24)21(4,5)6)12-13(18(26)27)16(22)23-17(25)14(12)19(28)29/h7-8,24H,1-6H3,(H,26,27)(H,28,29)(H3,22,23,25). The molecule has 0 aliphatic heterocycles. The van der Waals surface area contributed by atoms with Gasteiger partial charge in [-0.3, -0.25) is 4.79 Å². The van der Waals surface area contributed by atoms with E-state index in [0.717, 1.165) is 0 Å². The van der Waals surface area contributed by atoms with Gasteiger partial charge in [0.25, 0.3) is 5.56 Å². The van der Waals surface area contributed by atoms with Gasteiger partial charge in [-0.2, -0.15) is 0 Å². The van der Waals surface area contributed by atoms with E-state index in [0.29, 0.717) is 11.1 Å². The van der Waals surface area contributed by atoms with Crippen molar-refractivity contribution in [1.29, 1.82) is 0 Å². The third-order valence-electron chi connectivity index (χ3n) is 4.69. The van der Waals surface area contributed by atoms with Crippen LogP contribution in [0.2, 0.25) is 0 Å². The molecule has 0 saturated heterocycles. The number of hydrogen-bond acceptors (Lipinski definition) is 5. The Kier molecular flexibility index (Phi) is 5.27. The lowest BCUT2D eigenvalue weighted by atomic mass is 9.77. The van der Waals surface area contributed by atoms with Crippen molar-refractivity contribution < 1.29 is 24.9 Å². The van der Waals surface area contributed by atoms with Crippen LogP contribution in [0, 0.1) is 0 Å². The van der Waals surface area contributed by atoms with Crippen molar-refractivity contribution in [2.45, 2.75) is 52.4 Å². The number of benzene rings is 1. The maximum absolute atomic E-state index is 12.3. The molecule has 0 unspecified atom stereocenters. The number of nitrogens with one attached hydrogen (secondary N) is 1. The van der Waals surface area contributed by atoms with Gasteiger partial charge in [-0.25, -0.2) is 9.59 Å². The molecule has 2 rings (SSSR count). The normalized spacial score (nSPS) is 12.1. The molecule has 0 aliphatic rings. The SMILES string of the molecule is CC(C)(C)c1cc(-c2c(C(=O)O)c(N)[nH]c(=O)c2C(=O)O)cc(C(C)(C)C)c1O. The number of rotatable bonds is 3. The zero-order valence-electron chi connectivity index (χ0n) is 17.3. The number of anilines is 1. The number of carbonyl (C=O) groups is 2. The Morgan fingerprint density at radius 3 is 1.66 bits per heavy atom. The van der Waals surface area contributed by atoms with Crippen molar-refractivity contribution in [3.63, 3.8) is 0 Å². The third kappa shape index (κ3) is 3.96. The second-order valence-corrected chi connectivity index (χ2v) is 9.02. The summed E-state index contributed by atoms with van der Waals surface area (Å²) in [4.78, 5) is 38.1. The van der Waals surface area contributed by atoms with Gasteiger partial charge in [-0.1, -0.05) is 41.5 Å². The first-order chi connectivity index (χ1) is 13.1. The first-order valence-corrected chi connectivity index (χ1v) is 8.98. The van der Waals surface area contributed by atoms with Crippen LogP contribution in [0.3, 0.4) is 0 Å². The van der Waals surface area contributed by atoms with Gasteiger partial charge >= 0.3 is 11.9 Å². The average molecular weight is 402 g/mol. The van der Waals surface area contributed by atoms with Crippen molar-refractivity contribution in [3.05, 3.63) is 44.7 Å². The predicted molar refractivity (Wildman–Crippen MR) is 110 cm³/mol. The van der Waals surface area contributed by atoms with E-state index in [2.05, 4.69) is 4.98 Å². The third-order valence-corrected chi connectivity index (χ3v) is 4.69. The van der Waals surface area contributed by atoms with E-state index in [1.54, 1.807) is 0 Å². The van der Waals surface area contributed by atoms with E-state index in [1.165, 1.54) is 12.1 Å². The highest BCUT2D eigenvalue weighted by molar-refractivity contribution is 6.07. The summed E-state index contributed by atoms with van der Waals surface area (Å²) in [6.45, 7) is 11.2. The fraction of sp³-hybridized carbons (Fsp3) is 0.381. The summed E-state index contributed by atoms with van der Waals surface area (Å²) < 4.78 is 0. The van der Waals surface area contributed by atoms with Crippen LogP contribution in [0.1, 0.15) is 73.4 Å². The summed E-state index contributed by atoms with van der Waals surface area (Å²) in [7, 11) is 0. The van der Waals surface area contributed by atoms with Crippen LogP contribution in [-0.4, -0.2) is 32.2 Å². The molecule has 6 N–H and O–H groups in total. The summed E-state index contributed by atoms with van der Waals surface area (Å²) in [5, 5.41) is 30.2. The maximum Gasteiger partial charge on any atom is 0.342 e. The number of hydrogen-bond donors (Lipinski definition) is 5. The van der Waals surface area contributed by atoms with Gasteiger partial charge in [0.15, 0.2) is 0 Å². The number of phenols is 1. The fourth-order valence-corrected chi connectivity index (χ4v) is 3.26. The van der Waals surface area contributed by atoms with Crippen LogP contribution < -0.4 is 11.3 Å². The van der Waals surface area contributed by atoms with Crippen molar-refractivity contribution in [1.82, 2.24) is 4.98 Å². The number of H-pyrrole nitrogens is 1. The van der Waals surface area contributed by atoms with E-state index >= 15 is 0 Å². The lowest BCUT2D eigenvalue weighted by molar-refractivity contribution is 0.0695. The lowest BCUT2D eigenvalue weighted by Gasteiger charge is -2.28. The first-order valence-electron chi connectivity index (χ1n) is 8.98. The quantitative estimate of drug-likeness (QED) is 0.527. The van der Waals surface area contributed by atoms with E-state index in [9.17, 15) is 29.7 Å². The van der Waals surface area contributed by atoms with Crippen LogP contribution in [0.25, 0.3) is 11.1 Å². The molecule has 0 aliphatic carbocycles. The molecule has 0 spiro atoms. The average Bonchev–Trinajstić information content (AvgIpc) is 2.51. The minimum atomic E-state index is -1.58. The Balaban J connectivity index is 3.16. The second-order valence-electron chi connectivity index (χ2n) is 9.02. The van der Waals surface area contributed by atoms with Crippen LogP contribution in [-0.2, 0) is 10.8 Å².